The van der Waals surface area contributed by atoms with Crippen LogP contribution in [0.2, 0.25) is 0 Å². The number of hydrogen-bond acceptors (Lipinski definition) is 1. The first-order valence-electron chi connectivity index (χ1n) is 5.39. The summed E-state index contributed by atoms with van der Waals surface area (Å²) in [5.41, 5.74) is -0.476. The zero-order chi connectivity index (χ0) is 13.2. The molecule has 0 aliphatic rings. The number of rotatable bonds is 3. The lowest BCUT2D eigenvalue weighted by Gasteiger charge is -2.16. The predicted octanol–water partition coefficient (Wildman–Crippen LogP) is 3.65. The van der Waals surface area contributed by atoms with E-state index in [2.05, 4.69) is 0 Å². The maximum atomic E-state index is 13.3. The third-order valence-electron chi connectivity index (χ3n) is 2.57. The van der Waals surface area contributed by atoms with E-state index in [1.807, 2.05) is 0 Å². The summed E-state index contributed by atoms with van der Waals surface area (Å²) in [4.78, 5) is 11.6. The van der Waals surface area contributed by atoms with Gasteiger partial charge in [0.2, 0.25) is 0 Å². The van der Waals surface area contributed by atoms with Crippen LogP contribution >= 0.6 is 0 Å². The summed E-state index contributed by atoms with van der Waals surface area (Å²) < 4.78 is 38.9. The lowest BCUT2D eigenvalue weighted by Crippen LogP contribution is -2.20. The number of carbonyl (C=O) groups excluding carboxylic acids is 1. The first-order valence-corrected chi connectivity index (χ1v) is 5.39. The fraction of sp³-hybridized carbons (Fsp3) is 0.462. The minimum Gasteiger partial charge on any atom is -0.299 e. The monoisotopic (exact) mass is 244 g/mol. The Morgan fingerprint density at radius 2 is 1.71 bits per heavy atom. The zero-order valence-electron chi connectivity index (χ0n) is 10.1. The average Bonchev–Trinajstić information content (AvgIpc) is 2.23. The Bertz CT molecular complexity index is 433. The highest BCUT2D eigenvalue weighted by Crippen LogP contribution is 2.21. The highest BCUT2D eigenvalue weighted by Gasteiger charge is 2.21. The molecule has 1 nitrogen and oxygen atoms in total. The van der Waals surface area contributed by atoms with Crippen molar-refractivity contribution >= 4 is 5.78 Å². The van der Waals surface area contributed by atoms with Crippen LogP contribution in [-0.4, -0.2) is 5.78 Å². The summed E-state index contributed by atoms with van der Waals surface area (Å²) in [6.45, 7) is 5.28. The molecule has 0 saturated carbocycles. The first kappa shape index (κ1) is 13.7. The van der Waals surface area contributed by atoms with Gasteiger partial charge in [-0.3, -0.25) is 4.79 Å². The van der Waals surface area contributed by atoms with Crippen molar-refractivity contribution in [2.75, 3.05) is 0 Å². The van der Waals surface area contributed by atoms with Crippen LogP contribution < -0.4 is 0 Å². The molecule has 1 aromatic rings. The largest absolute Gasteiger partial charge is 0.299 e. The maximum absolute atomic E-state index is 13.3. The van der Waals surface area contributed by atoms with Crippen LogP contribution in [0.15, 0.2) is 12.1 Å². The molecule has 1 aromatic carbocycles. The van der Waals surface area contributed by atoms with E-state index in [4.69, 9.17) is 0 Å². The van der Waals surface area contributed by atoms with Gasteiger partial charge in [-0.05, 0) is 18.1 Å². The number of aryl methyl sites for hydroxylation is 1. The van der Waals surface area contributed by atoms with Crippen LogP contribution in [0.1, 0.15) is 32.8 Å². The van der Waals surface area contributed by atoms with Crippen molar-refractivity contribution in [2.24, 2.45) is 5.41 Å². The molecule has 0 atom stereocenters. The Balaban J connectivity index is 2.78. The molecule has 0 unspecified atom stereocenters. The molecule has 0 N–H and O–H groups in total. The third kappa shape index (κ3) is 3.32. The molecular weight excluding hydrogens is 229 g/mol. The van der Waals surface area contributed by atoms with Gasteiger partial charge in [0.25, 0.3) is 0 Å². The number of hydrogen-bond donors (Lipinski definition) is 0. The highest BCUT2D eigenvalue weighted by molar-refractivity contribution is 5.83. The highest BCUT2D eigenvalue weighted by atomic mass is 19.2. The van der Waals surface area contributed by atoms with Gasteiger partial charge in [-0.2, -0.15) is 0 Å². The topological polar surface area (TPSA) is 17.1 Å². The molecule has 0 heterocycles. The van der Waals surface area contributed by atoms with E-state index in [9.17, 15) is 18.0 Å². The third-order valence-corrected chi connectivity index (χ3v) is 2.57. The second-order valence-electron chi connectivity index (χ2n) is 5.01. The SMILES string of the molecule is CC(C)(C)C(=O)CCc1ccc(F)c(F)c1F. The van der Waals surface area contributed by atoms with E-state index in [1.165, 1.54) is 6.07 Å². The van der Waals surface area contributed by atoms with Gasteiger partial charge in [0, 0.05) is 11.8 Å². The van der Waals surface area contributed by atoms with Crippen LogP contribution in [0.5, 0.6) is 0 Å². The molecule has 17 heavy (non-hydrogen) atoms. The molecule has 0 bridgehead atoms. The summed E-state index contributed by atoms with van der Waals surface area (Å²) in [6.07, 6.45) is 0.199. The molecule has 0 saturated heterocycles. The number of ketones is 1. The number of carbonyl (C=O) groups is 1. The molecule has 94 valence electrons. The van der Waals surface area contributed by atoms with Crippen LogP contribution in [0.3, 0.4) is 0 Å². The lowest BCUT2D eigenvalue weighted by molar-refractivity contribution is -0.126. The molecule has 0 spiro atoms. The van der Waals surface area contributed by atoms with Crippen molar-refractivity contribution in [2.45, 2.75) is 33.6 Å². The molecule has 0 fully saturated rings. The fourth-order valence-electron chi connectivity index (χ4n) is 1.38. The van der Waals surface area contributed by atoms with E-state index < -0.39 is 22.9 Å². The van der Waals surface area contributed by atoms with Crippen molar-refractivity contribution in [1.82, 2.24) is 0 Å². The molecule has 0 aromatic heterocycles. The van der Waals surface area contributed by atoms with E-state index >= 15 is 0 Å². The van der Waals surface area contributed by atoms with E-state index in [0.29, 0.717) is 0 Å². The van der Waals surface area contributed by atoms with Crippen molar-refractivity contribution < 1.29 is 18.0 Å². The van der Waals surface area contributed by atoms with Gasteiger partial charge in [0.05, 0.1) is 0 Å². The quantitative estimate of drug-likeness (QED) is 0.742. The van der Waals surface area contributed by atoms with Crippen LogP contribution in [-0.2, 0) is 11.2 Å². The lowest BCUT2D eigenvalue weighted by atomic mass is 9.87. The number of Topliss-reactive ketones (excluding diaryl/α,β-unsaturated/α-hetero) is 1. The molecule has 0 amide bonds. The molecule has 0 radical (unpaired) electrons. The van der Waals surface area contributed by atoms with Gasteiger partial charge in [-0.1, -0.05) is 26.8 Å². The van der Waals surface area contributed by atoms with Gasteiger partial charge >= 0.3 is 0 Å². The average molecular weight is 244 g/mol. The van der Waals surface area contributed by atoms with E-state index in [1.54, 1.807) is 20.8 Å². The van der Waals surface area contributed by atoms with Crippen molar-refractivity contribution in [3.63, 3.8) is 0 Å². The minimum absolute atomic E-state index is 0.0292. The molecule has 4 heteroatoms. The van der Waals surface area contributed by atoms with E-state index in [-0.39, 0.29) is 24.2 Å². The first-order chi connectivity index (χ1) is 7.73. The summed E-state index contributed by atoms with van der Waals surface area (Å²) >= 11 is 0. The molecule has 1 rings (SSSR count). The Labute approximate surface area is 98.6 Å². The molecule has 0 aliphatic heterocycles. The normalized spacial score (nSPS) is 11.6. The Morgan fingerprint density at radius 1 is 1.12 bits per heavy atom. The van der Waals surface area contributed by atoms with Crippen LogP contribution in [0.25, 0.3) is 0 Å². The second-order valence-corrected chi connectivity index (χ2v) is 5.01. The van der Waals surface area contributed by atoms with Crippen LogP contribution in [0.4, 0.5) is 13.2 Å². The van der Waals surface area contributed by atoms with Gasteiger partial charge in [0.1, 0.15) is 5.78 Å². The Hall–Kier alpha value is -1.32. The number of benzene rings is 1. The van der Waals surface area contributed by atoms with Crippen LogP contribution in [0, 0.1) is 22.9 Å². The summed E-state index contributed by atoms with van der Waals surface area (Å²) in [7, 11) is 0. The fourth-order valence-corrected chi connectivity index (χ4v) is 1.38. The van der Waals surface area contributed by atoms with E-state index in [0.717, 1.165) is 6.07 Å². The Morgan fingerprint density at radius 3 is 2.24 bits per heavy atom. The molecule has 0 aliphatic carbocycles. The maximum Gasteiger partial charge on any atom is 0.194 e. The van der Waals surface area contributed by atoms with Gasteiger partial charge in [-0.25, -0.2) is 13.2 Å². The van der Waals surface area contributed by atoms with Crippen molar-refractivity contribution in [1.29, 1.82) is 0 Å². The smallest absolute Gasteiger partial charge is 0.194 e. The predicted molar refractivity (Wildman–Crippen MR) is 59.1 cm³/mol. The standard InChI is InChI=1S/C13H15F3O/c1-13(2,3)10(17)7-5-8-4-6-9(14)12(16)11(8)15/h4,6H,5,7H2,1-3H3. The van der Waals surface area contributed by atoms with Gasteiger partial charge in [-0.15, -0.1) is 0 Å². The van der Waals surface area contributed by atoms with Crippen molar-refractivity contribution in [3.05, 3.63) is 35.1 Å². The Kier molecular flexibility index (Phi) is 3.96. The molecular formula is C13H15F3O. The van der Waals surface area contributed by atoms with Gasteiger partial charge < -0.3 is 0 Å². The summed E-state index contributed by atoms with van der Waals surface area (Å²) in [5.74, 6) is -3.94. The summed E-state index contributed by atoms with van der Waals surface area (Å²) in [6, 6.07) is 2.04. The number of halogens is 3. The zero-order valence-corrected chi connectivity index (χ0v) is 10.1. The second kappa shape index (κ2) is 4.90. The summed E-state index contributed by atoms with van der Waals surface area (Å²) in [5, 5.41) is 0. The minimum atomic E-state index is -1.48. The van der Waals surface area contributed by atoms with Crippen molar-refractivity contribution in [3.8, 4) is 0 Å². The van der Waals surface area contributed by atoms with Gasteiger partial charge in [0.15, 0.2) is 17.5 Å².